The zero-order valence-corrected chi connectivity index (χ0v) is 15.8. The first-order chi connectivity index (χ1) is 12.0. The Bertz CT molecular complexity index is 1100. The van der Waals surface area contributed by atoms with Crippen LogP contribution in [0.4, 0.5) is 4.39 Å². The van der Waals surface area contributed by atoms with Gasteiger partial charge >= 0.3 is 0 Å². The highest BCUT2D eigenvalue weighted by Crippen LogP contribution is 2.36. The van der Waals surface area contributed by atoms with Crippen molar-refractivity contribution in [1.29, 1.82) is 0 Å². The molecule has 26 heavy (non-hydrogen) atoms. The molecule has 0 aliphatic rings. The number of benzene rings is 2. The predicted octanol–water partition coefficient (Wildman–Crippen LogP) is 6.99. The summed E-state index contributed by atoms with van der Waals surface area (Å²) < 4.78 is 20.1. The Morgan fingerprint density at radius 3 is 2.38 bits per heavy atom. The second-order valence-electron chi connectivity index (χ2n) is 6.02. The van der Waals surface area contributed by atoms with Gasteiger partial charge in [-0.05, 0) is 55.8 Å². The lowest BCUT2D eigenvalue weighted by Crippen LogP contribution is -1.92. The molecule has 2 aromatic heterocycles. The third-order valence-corrected chi connectivity index (χ3v) is 4.49. The monoisotopic (exact) mass is 387 g/mol. The fraction of sp³-hybridized carbons (Fsp3) is 0.0952. The highest BCUT2D eigenvalue weighted by atomic mass is 35.5. The van der Waals surface area contributed by atoms with Crippen LogP contribution < -0.4 is 0 Å². The van der Waals surface area contributed by atoms with Gasteiger partial charge in [0.1, 0.15) is 17.3 Å². The summed E-state index contributed by atoms with van der Waals surface area (Å²) in [4.78, 5) is 4.74. The van der Waals surface area contributed by atoms with Crippen LogP contribution in [0.5, 0.6) is 0 Å². The number of hydrogen-bond donors (Lipinski definition) is 0. The zero-order chi connectivity index (χ0) is 17.6. The molecule has 0 saturated heterocycles. The lowest BCUT2D eigenvalue weighted by Gasteiger charge is -2.11. The van der Waals surface area contributed by atoms with Crippen molar-refractivity contribution in [3.63, 3.8) is 0 Å². The lowest BCUT2D eigenvalue weighted by molar-refractivity contribution is 0.505. The van der Waals surface area contributed by atoms with Crippen LogP contribution in [0.25, 0.3) is 33.3 Å². The number of fused-ring (bicyclic) bond motifs is 1. The third kappa shape index (κ3) is 3.20. The minimum absolute atomic E-state index is 0. The van der Waals surface area contributed by atoms with Gasteiger partial charge < -0.3 is 4.42 Å². The first kappa shape index (κ1) is 18.4. The maximum absolute atomic E-state index is 14.4. The lowest BCUT2D eigenvalue weighted by atomic mass is 9.98. The standard InChI is InChI=1S/C21H15ClFNO.ClH/c1-12-9-16(13(2)25-12)21-11-17(15-5-3-4-6-19(15)23)18-10-14(22)7-8-20(18)24-21;/h3-11H,1-2H3;1H. The van der Waals surface area contributed by atoms with Gasteiger partial charge in [0.25, 0.3) is 0 Å². The normalized spacial score (nSPS) is 10.8. The van der Waals surface area contributed by atoms with E-state index in [4.69, 9.17) is 21.0 Å². The number of aromatic nitrogens is 1. The molecule has 0 aliphatic heterocycles. The van der Waals surface area contributed by atoms with E-state index in [1.165, 1.54) is 6.07 Å². The number of aryl methyl sites for hydroxylation is 2. The fourth-order valence-electron chi connectivity index (χ4n) is 3.12. The van der Waals surface area contributed by atoms with Crippen LogP contribution in [0.1, 0.15) is 11.5 Å². The summed E-state index contributed by atoms with van der Waals surface area (Å²) >= 11 is 6.17. The van der Waals surface area contributed by atoms with Gasteiger partial charge in [-0.2, -0.15) is 0 Å². The number of pyridine rings is 1. The molecule has 0 radical (unpaired) electrons. The number of hydrogen-bond acceptors (Lipinski definition) is 2. The van der Waals surface area contributed by atoms with Crippen molar-refractivity contribution in [2.75, 3.05) is 0 Å². The van der Waals surface area contributed by atoms with E-state index < -0.39 is 0 Å². The zero-order valence-electron chi connectivity index (χ0n) is 14.2. The Hall–Kier alpha value is -2.36. The summed E-state index contributed by atoms with van der Waals surface area (Å²) in [5, 5.41) is 1.41. The Kier molecular flexibility index (Phi) is 5.03. The number of rotatable bonds is 2. The maximum Gasteiger partial charge on any atom is 0.131 e. The topological polar surface area (TPSA) is 26.0 Å². The first-order valence-electron chi connectivity index (χ1n) is 7.95. The van der Waals surface area contributed by atoms with E-state index in [0.717, 1.165) is 39.2 Å². The van der Waals surface area contributed by atoms with Crippen LogP contribution in [0.15, 0.2) is 59.0 Å². The minimum atomic E-state index is -0.277. The molecule has 0 bridgehead atoms. The van der Waals surface area contributed by atoms with Crippen molar-refractivity contribution in [3.05, 3.63) is 77.0 Å². The Balaban J connectivity index is 0.00000196. The molecule has 2 nitrogen and oxygen atoms in total. The predicted molar refractivity (Wildman–Crippen MR) is 107 cm³/mol. The minimum Gasteiger partial charge on any atom is -0.466 e. The molecule has 2 aromatic carbocycles. The highest BCUT2D eigenvalue weighted by Gasteiger charge is 2.15. The van der Waals surface area contributed by atoms with Crippen molar-refractivity contribution in [2.24, 2.45) is 0 Å². The summed E-state index contributed by atoms with van der Waals surface area (Å²) in [6, 6.07) is 16.0. The average Bonchev–Trinajstić information content (AvgIpc) is 2.93. The molecule has 4 aromatic rings. The molecule has 0 N–H and O–H groups in total. The molecule has 0 atom stereocenters. The Morgan fingerprint density at radius 1 is 0.923 bits per heavy atom. The van der Waals surface area contributed by atoms with Crippen molar-refractivity contribution < 1.29 is 8.81 Å². The highest BCUT2D eigenvalue weighted by molar-refractivity contribution is 6.31. The molecule has 4 rings (SSSR count). The van der Waals surface area contributed by atoms with E-state index in [1.807, 2.05) is 44.2 Å². The van der Waals surface area contributed by atoms with Crippen LogP contribution in [-0.2, 0) is 0 Å². The van der Waals surface area contributed by atoms with Crippen LogP contribution in [-0.4, -0.2) is 4.98 Å². The van der Waals surface area contributed by atoms with Crippen LogP contribution in [0, 0.1) is 19.7 Å². The molecule has 132 valence electrons. The van der Waals surface area contributed by atoms with Gasteiger partial charge in [0.2, 0.25) is 0 Å². The fourth-order valence-corrected chi connectivity index (χ4v) is 3.30. The van der Waals surface area contributed by atoms with Gasteiger partial charge in [-0.1, -0.05) is 29.8 Å². The molecule has 5 heteroatoms. The Morgan fingerprint density at radius 2 is 1.69 bits per heavy atom. The molecule has 0 amide bonds. The van der Waals surface area contributed by atoms with E-state index in [0.29, 0.717) is 10.6 Å². The molecule has 0 spiro atoms. The van der Waals surface area contributed by atoms with E-state index >= 15 is 0 Å². The van der Waals surface area contributed by atoms with Crippen LogP contribution >= 0.6 is 24.0 Å². The summed E-state index contributed by atoms with van der Waals surface area (Å²) in [7, 11) is 0. The van der Waals surface area contributed by atoms with Gasteiger partial charge in [0.15, 0.2) is 0 Å². The summed E-state index contributed by atoms with van der Waals surface area (Å²) in [6.07, 6.45) is 0. The summed E-state index contributed by atoms with van der Waals surface area (Å²) in [5.74, 6) is 1.33. The second kappa shape index (κ2) is 7.10. The maximum atomic E-state index is 14.4. The molecule has 0 saturated carbocycles. The second-order valence-corrected chi connectivity index (χ2v) is 6.46. The van der Waals surface area contributed by atoms with Gasteiger partial charge in [-0.25, -0.2) is 9.37 Å². The number of furan rings is 1. The largest absolute Gasteiger partial charge is 0.466 e. The summed E-state index contributed by atoms with van der Waals surface area (Å²) in [5.41, 5.74) is 3.71. The molecule has 0 aliphatic carbocycles. The molecule has 0 fully saturated rings. The van der Waals surface area contributed by atoms with Gasteiger partial charge in [0.05, 0.1) is 11.2 Å². The van der Waals surface area contributed by atoms with Crippen molar-refractivity contribution >= 4 is 34.9 Å². The molecule has 0 unspecified atom stereocenters. The van der Waals surface area contributed by atoms with E-state index in [2.05, 4.69) is 0 Å². The van der Waals surface area contributed by atoms with Gasteiger partial charge in [-0.3, -0.25) is 0 Å². The quantitative estimate of drug-likeness (QED) is 0.370. The van der Waals surface area contributed by atoms with E-state index in [1.54, 1.807) is 18.2 Å². The smallest absolute Gasteiger partial charge is 0.131 e. The van der Waals surface area contributed by atoms with Gasteiger partial charge in [-0.15, -0.1) is 12.4 Å². The van der Waals surface area contributed by atoms with Crippen molar-refractivity contribution in [2.45, 2.75) is 13.8 Å². The summed E-state index contributed by atoms with van der Waals surface area (Å²) in [6.45, 7) is 3.80. The number of nitrogens with zero attached hydrogens (tertiary/aromatic N) is 1. The van der Waals surface area contributed by atoms with Crippen LogP contribution in [0.2, 0.25) is 5.02 Å². The number of halogens is 3. The van der Waals surface area contributed by atoms with Gasteiger partial charge in [0, 0.05) is 21.5 Å². The van der Waals surface area contributed by atoms with E-state index in [-0.39, 0.29) is 18.2 Å². The first-order valence-corrected chi connectivity index (χ1v) is 8.33. The molecular formula is C21H16Cl2FNO. The average molecular weight is 388 g/mol. The molecular weight excluding hydrogens is 372 g/mol. The third-order valence-electron chi connectivity index (χ3n) is 4.25. The Labute approximate surface area is 162 Å². The van der Waals surface area contributed by atoms with Crippen molar-refractivity contribution in [1.82, 2.24) is 4.98 Å². The van der Waals surface area contributed by atoms with Crippen LogP contribution in [0.3, 0.4) is 0 Å². The SMILES string of the molecule is Cc1cc(-c2cc(-c3ccccc3F)c3cc(Cl)ccc3n2)c(C)o1.Cl. The van der Waals surface area contributed by atoms with Crippen molar-refractivity contribution in [3.8, 4) is 22.4 Å². The van der Waals surface area contributed by atoms with E-state index in [9.17, 15) is 4.39 Å². The molecule has 2 heterocycles.